The van der Waals surface area contributed by atoms with Crippen LogP contribution in [0.2, 0.25) is 0 Å². The standard InChI is InChI=1S/C26H31N5O/c1-3-30-15-22(19-6-4-18(2)5-7-19)24(17-30)29-26(32)31-13-10-21-14-28-25(23(21)16-31)20-8-11-27-12-9-20/h4-9,11-12,22,24H,3,10,13-17H2,1-2H3,(H,29,32). The lowest BCUT2D eigenvalue weighted by molar-refractivity contribution is 0.196. The van der Waals surface area contributed by atoms with E-state index >= 15 is 0 Å². The van der Waals surface area contributed by atoms with E-state index in [1.54, 1.807) is 12.4 Å². The van der Waals surface area contributed by atoms with Crippen LogP contribution < -0.4 is 5.32 Å². The van der Waals surface area contributed by atoms with Crippen molar-refractivity contribution in [2.45, 2.75) is 32.2 Å². The molecule has 1 aromatic carbocycles. The topological polar surface area (TPSA) is 60.8 Å². The van der Waals surface area contributed by atoms with Crippen molar-refractivity contribution >= 4 is 11.7 Å². The normalized spacial score (nSPS) is 23.3. The van der Waals surface area contributed by atoms with Crippen LogP contribution in [0.5, 0.6) is 0 Å². The van der Waals surface area contributed by atoms with Crippen LogP contribution in [0, 0.1) is 6.92 Å². The van der Waals surface area contributed by atoms with E-state index in [4.69, 9.17) is 4.99 Å². The van der Waals surface area contributed by atoms with Gasteiger partial charge in [-0.15, -0.1) is 0 Å². The molecule has 3 aliphatic rings. The molecule has 6 heteroatoms. The molecule has 2 unspecified atom stereocenters. The SMILES string of the molecule is CCN1CC(NC(=O)N2CCC3=C(C2)C(c2ccncc2)=NC3)C(c2ccc(C)cc2)C1. The molecule has 0 saturated carbocycles. The molecule has 4 heterocycles. The highest BCUT2D eigenvalue weighted by atomic mass is 16.2. The van der Waals surface area contributed by atoms with Crippen molar-refractivity contribution < 1.29 is 4.79 Å². The Balaban J connectivity index is 1.29. The summed E-state index contributed by atoms with van der Waals surface area (Å²) >= 11 is 0. The highest BCUT2D eigenvalue weighted by molar-refractivity contribution is 6.15. The van der Waals surface area contributed by atoms with Gasteiger partial charge < -0.3 is 15.1 Å². The van der Waals surface area contributed by atoms with Crippen molar-refractivity contribution in [3.05, 3.63) is 76.6 Å². The molecule has 32 heavy (non-hydrogen) atoms. The quantitative estimate of drug-likeness (QED) is 0.810. The molecule has 0 bridgehead atoms. The van der Waals surface area contributed by atoms with Crippen molar-refractivity contribution in [2.24, 2.45) is 4.99 Å². The number of carbonyl (C=O) groups excluding carboxylic acids is 1. The van der Waals surface area contributed by atoms with E-state index in [2.05, 4.69) is 53.3 Å². The van der Waals surface area contributed by atoms with Crippen molar-refractivity contribution in [2.75, 3.05) is 39.3 Å². The zero-order valence-corrected chi connectivity index (χ0v) is 18.9. The maximum atomic E-state index is 13.3. The molecule has 0 spiro atoms. The molecule has 3 aliphatic heterocycles. The Morgan fingerprint density at radius 3 is 2.66 bits per heavy atom. The third-order valence-electron chi connectivity index (χ3n) is 7.07. The van der Waals surface area contributed by atoms with Crippen LogP contribution >= 0.6 is 0 Å². The fraction of sp³-hybridized carbons (Fsp3) is 0.423. The van der Waals surface area contributed by atoms with Crippen LogP contribution in [0.15, 0.2) is 64.9 Å². The molecule has 0 radical (unpaired) electrons. The predicted octanol–water partition coefficient (Wildman–Crippen LogP) is 3.39. The number of aryl methyl sites for hydroxylation is 1. The molecule has 5 rings (SSSR count). The van der Waals surface area contributed by atoms with Crippen molar-refractivity contribution in [1.29, 1.82) is 0 Å². The van der Waals surface area contributed by atoms with Crippen LogP contribution in [0.3, 0.4) is 0 Å². The molecule has 2 atom stereocenters. The van der Waals surface area contributed by atoms with Gasteiger partial charge in [0.15, 0.2) is 0 Å². The van der Waals surface area contributed by atoms with Crippen LogP contribution in [0.25, 0.3) is 0 Å². The second-order valence-corrected chi connectivity index (χ2v) is 9.08. The fourth-order valence-corrected chi connectivity index (χ4v) is 5.13. The molecule has 0 aliphatic carbocycles. The molecule has 1 N–H and O–H groups in total. The van der Waals surface area contributed by atoms with E-state index in [9.17, 15) is 4.79 Å². The van der Waals surface area contributed by atoms with Crippen LogP contribution in [0.1, 0.15) is 36.0 Å². The largest absolute Gasteiger partial charge is 0.333 e. The number of hydrogen-bond donors (Lipinski definition) is 1. The Morgan fingerprint density at radius 1 is 1.12 bits per heavy atom. The van der Waals surface area contributed by atoms with Gasteiger partial charge in [0.2, 0.25) is 0 Å². The van der Waals surface area contributed by atoms with E-state index in [-0.39, 0.29) is 12.1 Å². The number of urea groups is 1. The van der Waals surface area contributed by atoms with E-state index in [0.29, 0.717) is 12.5 Å². The van der Waals surface area contributed by atoms with Gasteiger partial charge in [-0.25, -0.2) is 4.79 Å². The summed E-state index contributed by atoms with van der Waals surface area (Å²) in [4.78, 5) is 26.6. The smallest absolute Gasteiger partial charge is 0.317 e. The number of nitrogens with one attached hydrogen (secondary N) is 1. The Kier molecular flexibility index (Phi) is 5.79. The van der Waals surface area contributed by atoms with Gasteiger partial charge in [0, 0.05) is 50.1 Å². The minimum absolute atomic E-state index is 0.0394. The molecule has 2 amide bonds. The highest BCUT2D eigenvalue weighted by Gasteiger charge is 2.36. The first-order valence-corrected chi connectivity index (χ1v) is 11.6. The first-order chi connectivity index (χ1) is 15.6. The summed E-state index contributed by atoms with van der Waals surface area (Å²) < 4.78 is 0. The summed E-state index contributed by atoms with van der Waals surface area (Å²) in [6, 6.07) is 12.9. The highest BCUT2D eigenvalue weighted by Crippen LogP contribution is 2.30. The minimum atomic E-state index is 0.0394. The van der Waals surface area contributed by atoms with E-state index < -0.39 is 0 Å². The molecule has 1 saturated heterocycles. The number of rotatable bonds is 4. The van der Waals surface area contributed by atoms with Crippen LogP contribution in [-0.2, 0) is 0 Å². The Hall–Kier alpha value is -2.99. The summed E-state index contributed by atoms with van der Waals surface area (Å²) in [5, 5.41) is 3.38. The maximum Gasteiger partial charge on any atom is 0.317 e. The summed E-state index contributed by atoms with van der Waals surface area (Å²) in [5.41, 5.74) is 7.27. The number of amides is 2. The second-order valence-electron chi connectivity index (χ2n) is 9.08. The zero-order valence-electron chi connectivity index (χ0n) is 18.9. The zero-order chi connectivity index (χ0) is 22.1. The third-order valence-corrected chi connectivity index (χ3v) is 7.07. The number of aliphatic imine (C=N–C) groups is 1. The second kappa shape index (κ2) is 8.87. The number of carbonyl (C=O) groups is 1. The van der Waals surface area contributed by atoms with Gasteiger partial charge in [-0.3, -0.25) is 9.98 Å². The number of pyridine rings is 1. The summed E-state index contributed by atoms with van der Waals surface area (Å²) in [6.45, 7) is 9.32. The van der Waals surface area contributed by atoms with Gasteiger partial charge in [0.1, 0.15) is 0 Å². The van der Waals surface area contributed by atoms with Gasteiger partial charge in [-0.05, 0) is 48.7 Å². The summed E-state index contributed by atoms with van der Waals surface area (Å²) in [5.74, 6) is 0.319. The lowest BCUT2D eigenvalue weighted by Gasteiger charge is -2.31. The Bertz CT molecular complexity index is 1040. The van der Waals surface area contributed by atoms with Crippen LogP contribution in [0.4, 0.5) is 4.79 Å². The maximum absolute atomic E-state index is 13.3. The van der Waals surface area contributed by atoms with E-state index in [1.807, 2.05) is 17.0 Å². The number of hydrogen-bond acceptors (Lipinski definition) is 4. The summed E-state index contributed by atoms with van der Waals surface area (Å²) in [6.07, 6.45) is 4.50. The van der Waals surface area contributed by atoms with E-state index in [0.717, 1.165) is 50.4 Å². The average Bonchev–Trinajstić information content (AvgIpc) is 3.44. The molecule has 166 valence electrons. The van der Waals surface area contributed by atoms with Crippen LogP contribution in [-0.4, -0.2) is 71.8 Å². The van der Waals surface area contributed by atoms with Gasteiger partial charge in [-0.2, -0.15) is 0 Å². The number of aromatic nitrogens is 1. The van der Waals surface area contributed by atoms with Crippen molar-refractivity contribution in [3.8, 4) is 0 Å². The Labute approximate surface area is 190 Å². The number of benzene rings is 1. The van der Waals surface area contributed by atoms with Gasteiger partial charge in [-0.1, -0.05) is 36.8 Å². The number of likely N-dealkylation sites (N-methyl/N-ethyl adjacent to an activating group) is 1. The fourth-order valence-electron chi connectivity index (χ4n) is 5.13. The summed E-state index contributed by atoms with van der Waals surface area (Å²) in [7, 11) is 0. The average molecular weight is 430 g/mol. The third kappa shape index (κ3) is 4.07. The lowest BCUT2D eigenvalue weighted by atomic mass is 9.93. The lowest BCUT2D eigenvalue weighted by Crippen LogP contribution is -2.49. The van der Waals surface area contributed by atoms with E-state index in [1.165, 1.54) is 22.3 Å². The molecule has 1 aromatic heterocycles. The molecule has 1 fully saturated rings. The molecular formula is C26H31N5O. The molecule has 6 nitrogen and oxygen atoms in total. The molecule has 2 aromatic rings. The number of likely N-dealkylation sites (tertiary alicyclic amines) is 1. The first kappa shape index (κ1) is 20.9. The van der Waals surface area contributed by atoms with Gasteiger partial charge in [0.05, 0.1) is 18.3 Å². The number of nitrogens with zero attached hydrogens (tertiary/aromatic N) is 4. The Morgan fingerprint density at radius 2 is 1.91 bits per heavy atom. The van der Waals surface area contributed by atoms with Gasteiger partial charge >= 0.3 is 6.03 Å². The monoisotopic (exact) mass is 429 g/mol. The van der Waals surface area contributed by atoms with Crippen molar-refractivity contribution in [1.82, 2.24) is 20.1 Å². The molecular weight excluding hydrogens is 398 g/mol. The predicted molar refractivity (Wildman–Crippen MR) is 127 cm³/mol. The van der Waals surface area contributed by atoms with Crippen molar-refractivity contribution in [3.63, 3.8) is 0 Å². The first-order valence-electron chi connectivity index (χ1n) is 11.6. The van der Waals surface area contributed by atoms with Gasteiger partial charge in [0.25, 0.3) is 0 Å². The minimum Gasteiger partial charge on any atom is -0.333 e.